The zero-order valence-corrected chi connectivity index (χ0v) is 16.3. The van der Waals surface area contributed by atoms with Gasteiger partial charge in [0.25, 0.3) is 0 Å². The highest BCUT2D eigenvalue weighted by molar-refractivity contribution is 5.74. The molecule has 152 valence electrons. The molecule has 8 heteroatoms. The van der Waals surface area contributed by atoms with Crippen molar-refractivity contribution in [2.75, 3.05) is 0 Å². The quantitative estimate of drug-likeness (QED) is 0.649. The van der Waals surface area contributed by atoms with E-state index in [9.17, 15) is 4.79 Å². The number of amides is 2. The van der Waals surface area contributed by atoms with Crippen molar-refractivity contribution >= 4 is 6.03 Å². The number of urea groups is 1. The number of nitrogens with zero attached hydrogens (tertiary/aromatic N) is 4. The van der Waals surface area contributed by atoms with Crippen molar-refractivity contribution in [2.24, 2.45) is 0 Å². The van der Waals surface area contributed by atoms with E-state index >= 15 is 0 Å². The van der Waals surface area contributed by atoms with Gasteiger partial charge in [-0.1, -0.05) is 24.4 Å². The first kappa shape index (κ1) is 19.2. The molecule has 0 bridgehead atoms. The number of rotatable bonds is 7. The van der Waals surface area contributed by atoms with Gasteiger partial charge in [0.15, 0.2) is 5.82 Å². The lowest BCUT2D eigenvalue weighted by atomic mass is 9.89. The van der Waals surface area contributed by atoms with Gasteiger partial charge in [-0.3, -0.25) is 4.98 Å². The molecule has 3 heterocycles. The minimum atomic E-state index is -0.226. The molecule has 0 saturated heterocycles. The van der Waals surface area contributed by atoms with Gasteiger partial charge in [0, 0.05) is 24.9 Å². The van der Waals surface area contributed by atoms with Gasteiger partial charge in [0.2, 0.25) is 5.89 Å². The summed E-state index contributed by atoms with van der Waals surface area (Å²) in [5, 5.41) is 7.00. The van der Waals surface area contributed by atoms with Crippen LogP contribution in [0.25, 0.3) is 0 Å². The molecule has 0 aliphatic heterocycles. The van der Waals surface area contributed by atoms with Crippen LogP contribution in [0.5, 0.6) is 0 Å². The van der Waals surface area contributed by atoms with Crippen molar-refractivity contribution in [3.8, 4) is 0 Å². The first-order valence-corrected chi connectivity index (χ1v) is 10.0. The summed E-state index contributed by atoms with van der Waals surface area (Å²) in [6.45, 7) is 0.994. The average Bonchev–Trinajstić information content (AvgIpc) is 3.45. The second-order valence-corrected chi connectivity index (χ2v) is 7.33. The Bertz CT molecular complexity index is 888. The number of aromatic nitrogens is 3. The molecule has 1 aliphatic rings. The molecule has 1 saturated carbocycles. The predicted octanol–water partition coefficient (Wildman–Crippen LogP) is 4.02. The largest absolute Gasteiger partial charge is 0.467 e. The number of carbonyl (C=O) groups is 1. The van der Waals surface area contributed by atoms with Crippen LogP contribution in [0.2, 0.25) is 0 Å². The predicted molar refractivity (Wildman–Crippen MR) is 105 cm³/mol. The van der Waals surface area contributed by atoms with Gasteiger partial charge in [0.05, 0.1) is 19.4 Å². The Morgan fingerprint density at radius 2 is 1.97 bits per heavy atom. The van der Waals surface area contributed by atoms with Gasteiger partial charge in [0.1, 0.15) is 5.76 Å². The Labute approximate surface area is 169 Å². The Morgan fingerprint density at radius 1 is 1.14 bits per heavy atom. The van der Waals surface area contributed by atoms with E-state index in [4.69, 9.17) is 8.94 Å². The SMILES string of the molecule is O=C(NCc1nc(C2CCCCC2)no1)N(Cc1ccncc1)Cc1ccco1. The van der Waals surface area contributed by atoms with E-state index in [2.05, 4.69) is 20.4 Å². The third kappa shape index (κ3) is 5.22. The lowest BCUT2D eigenvalue weighted by Gasteiger charge is -2.22. The molecule has 3 aromatic rings. The molecule has 0 spiro atoms. The third-order valence-corrected chi connectivity index (χ3v) is 5.18. The maximum atomic E-state index is 12.8. The summed E-state index contributed by atoms with van der Waals surface area (Å²) in [7, 11) is 0. The fraction of sp³-hybridized carbons (Fsp3) is 0.429. The van der Waals surface area contributed by atoms with Gasteiger partial charge in [-0.15, -0.1) is 0 Å². The molecule has 0 atom stereocenters. The van der Waals surface area contributed by atoms with Crippen molar-refractivity contribution in [2.45, 2.75) is 57.7 Å². The first-order valence-electron chi connectivity index (χ1n) is 10.0. The monoisotopic (exact) mass is 395 g/mol. The fourth-order valence-corrected chi connectivity index (χ4v) is 3.63. The number of pyridine rings is 1. The third-order valence-electron chi connectivity index (χ3n) is 5.18. The second kappa shape index (κ2) is 9.36. The fourth-order valence-electron chi connectivity index (χ4n) is 3.63. The number of hydrogen-bond donors (Lipinski definition) is 1. The number of furan rings is 1. The van der Waals surface area contributed by atoms with Crippen molar-refractivity contribution in [1.82, 2.24) is 25.3 Å². The lowest BCUT2D eigenvalue weighted by Crippen LogP contribution is -2.38. The Hall–Kier alpha value is -3.16. The van der Waals surface area contributed by atoms with E-state index < -0.39 is 0 Å². The van der Waals surface area contributed by atoms with E-state index in [1.165, 1.54) is 19.3 Å². The van der Waals surface area contributed by atoms with Crippen LogP contribution in [0, 0.1) is 0 Å². The lowest BCUT2D eigenvalue weighted by molar-refractivity contribution is 0.185. The highest BCUT2D eigenvalue weighted by atomic mass is 16.5. The molecule has 1 fully saturated rings. The molecule has 0 aromatic carbocycles. The number of nitrogens with one attached hydrogen (secondary N) is 1. The Kier molecular flexibility index (Phi) is 6.19. The standard InChI is InChI=1S/C21H25N5O3/c27-21(23-13-19-24-20(25-29-19)17-5-2-1-3-6-17)26(15-18-7-4-12-28-18)14-16-8-10-22-11-9-16/h4,7-12,17H,1-3,5-6,13-15H2,(H,23,27). The van der Waals surface area contributed by atoms with Crippen LogP contribution in [-0.2, 0) is 19.6 Å². The highest BCUT2D eigenvalue weighted by Crippen LogP contribution is 2.30. The van der Waals surface area contributed by atoms with Crippen LogP contribution in [0.4, 0.5) is 4.79 Å². The van der Waals surface area contributed by atoms with Gasteiger partial charge >= 0.3 is 6.03 Å². The molecular weight excluding hydrogens is 370 g/mol. The molecule has 1 N–H and O–H groups in total. The molecular formula is C21H25N5O3. The molecule has 0 unspecified atom stereocenters. The van der Waals surface area contributed by atoms with Crippen molar-refractivity contribution in [3.05, 3.63) is 66.0 Å². The Balaban J connectivity index is 1.37. The summed E-state index contributed by atoms with van der Waals surface area (Å²) in [6, 6.07) is 7.20. The molecule has 2 amide bonds. The minimum Gasteiger partial charge on any atom is -0.467 e. The maximum Gasteiger partial charge on any atom is 0.318 e. The number of carbonyl (C=O) groups excluding carboxylic acids is 1. The molecule has 8 nitrogen and oxygen atoms in total. The van der Waals surface area contributed by atoms with E-state index in [0.29, 0.717) is 30.7 Å². The molecule has 29 heavy (non-hydrogen) atoms. The van der Waals surface area contributed by atoms with E-state index in [-0.39, 0.29) is 12.6 Å². The van der Waals surface area contributed by atoms with Crippen molar-refractivity contribution in [3.63, 3.8) is 0 Å². The van der Waals surface area contributed by atoms with Crippen molar-refractivity contribution in [1.29, 1.82) is 0 Å². The molecule has 3 aromatic heterocycles. The Morgan fingerprint density at radius 3 is 2.72 bits per heavy atom. The summed E-state index contributed by atoms with van der Waals surface area (Å²) in [4.78, 5) is 23.0. The summed E-state index contributed by atoms with van der Waals surface area (Å²) < 4.78 is 10.8. The van der Waals surface area contributed by atoms with Crippen LogP contribution in [-0.4, -0.2) is 26.1 Å². The zero-order chi connectivity index (χ0) is 19.9. The van der Waals surface area contributed by atoms with Crippen LogP contribution in [0.1, 0.15) is 61.1 Å². The van der Waals surface area contributed by atoms with Crippen LogP contribution < -0.4 is 5.32 Å². The molecule has 0 radical (unpaired) electrons. The summed E-state index contributed by atoms with van der Waals surface area (Å²) in [6.07, 6.45) is 10.9. The van der Waals surface area contributed by atoms with Gasteiger partial charge in [-0.2, -0.15) is 4.98 Å². The van der Waals surface area contributed by atoms with Crippen LogP contribution in [0.15, 0.2) is 51.9 Å². The molecule has 4 rings (SSSR count). The zero-order valence-electron chi connectivity index (χ0n) is 16.3. The molecule has 1 aliphatic carbocycles. The summed E-state index contributed by atoms with van der Waals surface area (Å²) in [5.74, 6) is 2.28. The van der Waals surface area contributed by atoms with Crippen LogP contribution in [0.3, 0.4) is 0 Å². The second-order valence-electron chi connectivity index (χ2n) is 7.33. The van der Waals surface area contributed by atoms with Gasteiger partial charge in [-0.05, 0) is 42.7 Å². The summed E-state index contributed by atoms with van der Waals surface area (Å²) >= 11 is 0. The average molecular weight is 395 g/mol. The number of hydrogen-bond acceptors (Lipinski definition) is 6. The van der Waals surface area contributed by atoms with E-state index in [0.717, 1.165) is 24.2 Å². The maximum absolute atomic E-state index is 12.8. The smallest absolute Gasteiger partial charge is 0.318 e. The van der Waals surface area contributed by atoms with E-state index in [1.54, 1.807) is 23.6 Å². The highest BCUT2D eigenvalue weighted by Gasteiger charge is 2.22. The van der Waals surface area contributed by atoms with Gasteiger partial charge in [-0.25, -0.2) is 4.79 Å². The normalized spacial score (nSPS) is 14.6. The summed E-state index contributed by atoms with van der Waals surface area (Å²) in [5.41, 5.74) is 0.985. The first-order chi connectivity index (χ1) is 14.3. The van der Waals surface area contributed by atoms with E-state index in [1.807, 2.05) is 24.3 Å². The van der Waals surface area contributed by atoms with Crippen LogP contribution >= 0.6 is 0 Å². The van der Waals surface area contributed by atoms with Gasteiger partial charge < -0.3 is 19.2 Å². The topological polar surface area (TPSA) is 97.3 Å². The minimum absolute atomic E-state index is 0.198. The van der Waals surface area contributed by atoms with Crippen molar-refractivity contribution < 1.29 is 13.7 Å².